The number of nitrogens with zero attached hydrogens (tertiary/aromatic N) is 3. The van der Waals surface area contributed by atoms with Gasteiger partial charge < -0.3 is 9.88 Å². The van der Waals surface area contributed by atoms with E-state index in [4.69, 9.17) is 0 Å². The van der Waals surface area contributed by atoms with Gasteiger partial charge in [0.1, 0.15) is 0 Å². The molecule has 2 aromatic heterocycles. The maximum atomic E-state index is 4.40. The number of H-pyrrole nitrogens is 2. The molecule has 0 saturated carbocycles. The molecule has 1 aliphatic rings. The van der Waals surface area contributed by atoms with Crippen LogP contribution in [0.1, 0.15) is 5.69 Å². The molecule has 3 heterocycles. The molecule has 0 spiro atoms. The van der Waals surface area contributed by atoms with Crippen molar-refractivity contribution < 1.29 is 0 Å². The Labute approximate surface area is 152 Å². The first-order chi connectivity index (χ1) is 12.9. The van der Waals surface area contributed by atoms with E-state index >= 15 is 0 Å². The largest absolute Gasteiger partial charge is 0.368 e. The number of benzene rings is 2. The van der Waals surface area contributed by atoms with E-state index in [1.54, 1.807) is 0 Å². The molecule has 1 fully saturated rings. The molecule has 5 heteroatoms. The summed E-state index contributed by atoms with van der Waals surface area (Å²) in [5, 5.41) is 10.2. The van der Waals surface area contributed by atoms with Crippen LogP contribution in [0.4, 0.5) is 5.69 Å². The van der Waals surface area contributed by atoms with Crippen LogP contribution in [-0.2, 0) is 6.42 Å². The Kier molecular flexibility index (Phi) is 3.87. The van der Waals surface area contributed by atoms with Crippen LogP contribution < -0.4 is 4.90 Å². The SMILES string of the molecule is c1ccc2c(CCN3CCN(c4cccc5[nH]ccc45)CC3)[nH]nc2c1. The summed E-state index contributed by atoms with van der Waals surface area (Å²) in [5.74, 6) is 0. The molecule has 0 bridgehead atoms. The zero-order chi connectivity index (χ0) is 17.3. The normalized spacial score (nSPS) is 15.9. The molecule has 0 amide bonds. The van der Waals surface area contributed by atoms with Gasteiger partial charge in [-0.15, -0.1) is 0 Å². The highest BCUT2D eigenvalue weighted by Gasteiger charge is 2.19. The van der Waals surface area contributed by atoms with Gasteiger partial charge in [-0.05, 0) is 24.3 Å². The third kappa shape index (κ3) is 2.74. The minimum absolute atomic E-state index is 1.02. The van der Waals surface area contributed by atoms with Crippen molar-refractivity contribution in [2.45, 2.75) is 6.42 Å². The van der Waals surface area contributed by atoms with Gasteiger partial charge in [0.2, 0.25) is 0 Å². The van der Waals surface area contributed by atoms with Gasteiger partial charge in [-0.3, -0.25) is 10.00 Å². The van der Waals surface area contributed by atoms with Crippen LogP contribution in [0.25, 0.3) is 21.8 Å². The van der Waals surface area contributed by atoms with Gasteiger partial charge >= 0.3 is 0 Å². The highest BCUT2D eigenvalue weighted by Crippen LogP contribution is 2.27. The van der Waals surface area contributed by atoms with Crippen LogP contribution in [-0.4, -0.2) is 52.8 Å². The second kappa shape index (κ2) is 6.50. The topological polar surface area (TPSA) is 51.0 Å². The Hall–Kier alpha value is -2.79. The van der Waals surface area contributed by atoms with Crippen molar-refractivity contribution in [2.24, 2.45) is 0 Å². The lowest BCUT2D eigenvalue weighted by atomic mass is 10.1. The second-order valence-corrected chi connectivity index (χ2v) is 7.01. The molecule has 132 valence electrons. The van der Waals surface area contributed by atoms with Gasteiger partial charge in [-0.25, -0.2) is 0 Å². The highest BCUT2D eigenvalue weighted by atomic mass is 15.3. The van der Waals surface area contributed by atoms with Gasteiger partial charge in [0.05, 0.1) is 5.52 Å². The first kappa shape index (κ1) is 15.5. The average molecular weight is 345 g/mol. The Balaban J connectivity index is 1.23. The standard InChI is InChI=1S/C21H23N5/c1-2-5-19-16(4-1)20(24-23-19)9-11-25-12-14-26(15-13-25)21-7-3-6-18-17(21)8-10-22-18/h1-8,10,22H,9,11-15H2,(H,23,24). The van der Waals surface area contributed by atoms with Crippen LogP contribution >= 0.6 is 0 Å². The molecule has 5 nitrogen and oxygen atoms in total. The maximum absolute atomic E-state index is 4.40. The van der Waals surface area contributed by atoms with E-state index in [-0.39, 0.29) is 0 Å². The highest BCUT2D eigenvalue weighted by molar-refractivity contribution is 5.92. The van der Waals surface area contributed by atoms with Crippen molar-refractivity contribution in [3.05, 3.63) is 60.4 Å². The van der Waals surface area contributed by atoms with E-state index in [1.807, 2.05) is 12.3 Å². The summed E-state index contributed by atoms with van der Waals surface area (Å²) in [6, 6.07) is 17.1. The minimum Gasteiger partial charge on any atom is -0.368 e. The van der Waals surface area contributed by atoms with Crippen LogP contribution in [0.15, 0.2) is 54.7 Å². The zero-order valence-corrected chi connectivity index (χ0v) is 14.8. The number of aromatic nitrogens is 3. The number of para-hydroxylation sites is 1. The molecule has 0 radical (unpaired) electrons. The zero-order valence-electron chi connectivity index (χ0n) is 14.8. The molecular weight excluding hydrogens is 322 g/mol. The first-order valence-electron chi connectivity index (χ1n) is 9.34. The van der Waals surface area contributed by atoms with Crippen molar-refractivity contribution in [1.29, 1.82) is 0 Å². The van der Waals surface area contributed by atoms with Gasteiger partial charge in [-0.1, -0.05) is 24.3 Å². The molecule has 1 saturated heterocycles. The number of hydrogen-bond acceptors (Lipinski definition) is 3. The minimum atomic E-state index is 1.02. The van der Waals surface area contributed by atoms with E-state index < -0.39 is 0 Å². The van der Waals surface area contributed by atoms with Gasteiger partial charge in [-0.2, -0.15) is 5.10 Å². The first-order valence-corrected chi connectivity index (χ1v) is 9.34. The predicted molar refractivity (Wildman–Crippen MR) is 107 cm³/mol. The van der Waals surface area contributed by atoms with Crippen LogP contribution in [0.5, 0.6) is 0 Å². The van der Waals surface area contributed by atoms with E-state index in [1.165, 1.54) is 27.7 Å². The fraction of sp³-hybridized carbons (Fsp3) is 0.286. The number of rotatable bonds is 4. The Bertz CT molecular complexity index is 1020. The van der Waals surface area contributed by atoms with Crippen LogP contribution in [0.3, 0.4) is 0 Å². The third-order valence-electron chi connectivity index (χ3n) is 5.50. The lowest BCUT2D eigenvalue weighted by molar-refractivity contribution is 0.260. The summed E-state index contributed by atoms with van der Waals surface area (Å²) in [7, 11) is 0. The monoisotopic (exact) mass is 345 g/mol. The summed E-state index contributed by atoms with van der Waals surface area (Å²) in [6.07, 6.45) is 3.05. The number of aromatic amines is 2. The number of nitrogens with one attached hydrogen (secondary N) is 2. The summed E-state index contributed by atoms with van der Waals surface area (Å²) in [6.45, 7) is 5.44. The van der Waals surface area contributed by atoms with Crippen molar-refractivity contribution in [1.82, 2.24) is 20.1 Å². The van der Waals surface area contributed by atoms with Gasteiger partial charge in [0.15, 0.2) is 0 Å². The molecule has 0 atom stereocenters. The summed E-state index contributed by atoms with van der Waals surface area (Å²) in [5.41, 5.74) is 4.88. The lowest BCUT2D eigenvalue weighted by Crippen LogP contribution is -2.47. The van der Waals surface area contributed by atoms with Gasteiger partial charge in [0, 0.05) is 73.0 Å². The van der Waals surface area contributed by atoms with E-state index in [9.17, 15) is 0 Å². The lowest BCUT2D eigenvalue weighted by Gasteiger charge is -2.36. The van der Waals surface area contributed by atoms with Crippen molar-refractivity contribution >= 4 is 27.5 Å². The summed E-state index contributed by atoms with van der Waals surface area (Å²) in [4.78, 5) is 8.38. The summed E-state index contributed by atoms with van der Waals surface area (Å²) >= 11 is 0. The van der Waals surface area contributed by atoms with Crippen molar-refractivity contribution in [3.63, 3.8) is 0 Å². The maximum Gasteiger partial charge on any atom is 0.0923 e. The van der Waals surface area contributed by atoms with E-state index in [0.717, 1.165) is 44.7 Å². The number of piperazine rings is 1. The molecule has 26 heavy (non-hydrogen) atoms. The number of fused-ring (bicyclic) bond motifs is 2. The Morgan fingerprint density at radius 1 is 0.885 bits per heavy atom. The molecule has 5 rings (SSSR count). The van der Waals surface area contributed by atoms with Crippen LogP contribution in [0.2, 0.25) is 0 Å². The fourth-order valence-electron chi connectivity index (χ4n) is 4.03. The Morgan fingerprint density at radius 3 is 2.69 bits per heavy atom. The Morgan fingerprint density at radius 2 is 1.77 bits per heavy atom. The molecule has 4 aromatic rings. The molecule has 0 unspecified atom stereocenters. The fourth-order valence-corrected chi connectivity index (χ4v) is 4.03. The van der Waals surface area contributed by atoms with Crippen LogP contribution in [0, 0.1) is 0 Å². The molecule has 0 aliphatic carbocycles. The molecule has 2 N–H and O–H groups in total. The van der Waals surface area contributed by atoms with Crippen molar-refractivity contribution in [2.75, 3.05) is 37.6 Å². The number of anilines is 1. The van der Waals surface area contributed by atoms with Gasteiger partial charge in [0.25, 0.3) is 0 Å². The van der Waals surface area contributed by atoms with E-state index in [2.05, 4.69) is 67.4 Å². The third-order valence-corrected chi connectivity index (χ3v) is 5.50. The predicted octanol–water partition coefficient (Wildman–Crippen LogP) is 3.41. The second-order valence-electron chi connectivity index (χ2n) is 7.01. The molecular formula is C21H23N5. The van der Waals surface area contributed by atoms with Crippen molar-refractivity contribution in [3.8, 4) is 0 Å². The summed E-state index contributed by atoms with van der Waals surface area (Å²) < 4.78 is 0. The smallest absolute Gasteiger partial charge is 0.0923 e. The quantitative estimate of drug-likeness (QED) is 0.596. The van der Waals surface area contributed by atoms with E-state index in [0.29, 0.717) is 0 Å². The number of hydrogen-bond donors (Lipinski definition) is 2. The molecule has 2 aromatic carbocycles. The average Bonchev–Trinajstić information content (AvgIpc) is 3.33. The molecule has 1 aliphatic heterocycles.